The predicted molar refractivity (Wildman–Crippen MR) is 78.7 cm³/mol. The molecular weight excluding hydrogens is 234 g/mol. The number of likely N-dealkylation sites (tertiary alicyclic amines) is 1. The molecule has 0 bridgehead atoms. The third-order valence-electron chi connectivity index (χ3n) is 3.62. The number of hydrogen-bond donors (Lipinski definition) is 1. The van der Waals surface area contributed by atoms with Crippen LogP contribution < -0.4 is 0 Å². The molecule has 2 heteroatoms. The molecule has 1 fully saturated rings. The predicted octanol–water partition coefficient (Wildman–Crippen LogP) is 2.65. The maximum absolute atomic E-state index is 8.73. The van der Waals surface area contributed by atoms with Crippen LogP contribution in [0.15, 0.2) is 24.3 Å². The van der Waals surface area contributed by atoms with E-state index in [9.17, 15) is 0 Å². The van der Waals surface area contributed by atoms with Crippen LogP contribution in [0.3, 0.4) is 0 Å². The summed E-state index contributed by atoms with van der Waals surface area (Å²) < 4.78 is 0. The van der Waals surface area contributed by atoms with Crippen molar-refractivity contribution in [1.82, 2.24) is 4.90 Å². The van der Waals surface area contributed by atoms with Crippen LogP contribution in [0.5, 0.6) is 0 Å². The molecule has 0 radical (unpaired) electrons. The van der Waals surface area contributed by atoms with Gasteiger partial charge in [-0.1, -0.05) is 37.8 Å². The van der Waals surface area contributed by atoms with E-state index in [1.165, 1.54) is 31.5 Å². The molecule has 1 heterocycles. The lowest BCUT2D eigenvalue weighted by atomic mass is 9.84. The molecular formula is C17H23NO. The minimum Gasteiger partial charge on any atom is -0.384 e. The van der Waals surface area contributed by atoms with E-state index in [1.807, 2.05) is 12.1 Å². The van der Waals surface area contributed by atoms with Gasteiger partial charge in [-0.2, -0.15) is 0 Å². The molecule has 1 aromatic carbocycles. The van der Waals surface area contributed by atoms with Crippen molar-refractivity contribution in [3.05, 3.63) is 35.4 Å². The van der Waals surface area contributed by atoms with E-state index in [0.717, 1.165) is 12.1 Å². The molecule has 0 saturated carbocycles. The standard InChI is InChI=1S/C17H23NO/c1-17(2)9-5-10-18(14-17)13-16-7-3-6-15(12-16)8-4-11-19/h3,6-7,12,19H,5,9-11,13-14H2,1-2H3. The van der Waals surface area contributed by atoms with Gasteiger partial charge < -0.3 is 5.11 Å². The molecule has 1 aromatic rings. The molecule has 1 saturated heterocycles. The molecule has 19 heavy (non-hydrogen) atoms. The van der Waals surface area contributed by atoms with Crippen LogP contribution in [0.2, 0.25) is 0 Å². The van der Waals surface area contributed by atoms with E-state index in [4.69, 9.17) is 5.11 Å². The molecule has 0 aliphatic carbocycles. The van der Waals surface area contributed by atoms with Crippen molar-refractivity contribution in [2.24, 2.45) is 5.41 Å². The van der Waals surface area contributed by atoms with Crippen LogP contribution >= 0.6 is 0 Å². The minimum atomic E-state index is -0.0788. The summed E-state index contributed by atoms with van der Waals surface area (Å²) in [6.07, 6.45) is 2.61. The number of aliphatic hydroxyl groups excluding tert-OH is 1. The van der Waals surface area contributed by atoms with Gasteiger partial charge in [0.1, 0.15) is 6.61 Å². The van der Waals surface area contributed by atoms with Crippen molar-refractivity contribution in [2.45, 2.75) is 33.2 Å². The van der Waals surface area contributed by atoms with Crippen molar-refractivity contribution >= 4 is 0 Å². The second-order valence-corrected chi connectivity index (χ2v) is 6.14. The summed E-state index contributed by atoms with van der Waals surface area (Å²) >= 11 is 0. The van der Waals surface area contributed by atoms with Crippen molar-refractivity contribution < 1.29 is 5.11 Å². The first-order chi connectivity index (χ1) is 9.09. The van der Waals surface area contributed by atoms with Gasteiger partial charge in [-0.15, -0.1) is 0 Å². The smallest absolute Gasteiger partial charge is 0.104 e. The van der Waals surface area contributed by atoms with Gasteiger partial charge >= 0.3 is 0 Å². The number of aliphatic hydroxyl groups is 1. The maximum Gasteiger partial charge on any atom is 0.104 e. The van der Waals surface area contributed by atoms with Gasteiger partial charge in [-0.05, 0) is 42.5 Å². The highest BCUT2D eigenvalue weighted by Crippen LogP contribution is 2.29. The molecule has 0 amide bonds. The average molecular weight is 257 g/mol. The zero-order chi connectivity index (χ0) is 13.7. The molecule has 2 rings (SSSR count). The fraction of sp³-hybridized carbons (Fsp3) is 0.529. The summed E-state index contributed by atoms with van der Waals surface area (Å²) in [4.78, 5) is 2.53. The zero-order valence-electron chi connectivity index (χ0n) is 11.9. The average Bonchev–Trinajstić information content (AvgIpc) is 2.35. The Kier molecular flexibility index (Phi) is 4.63. The fourth-order valence-corrected chi connectivity index (χ4v) is 2.83. The lowest BCUT2D eigenvalue weighted by Gasteiger charge is -2.38. The Morgan fingerprint density at radius 3 is 2.95 bits per heavy atom. The largest absolute Gasteiger partial charge is 0.384 e. The number of piperidine rings is 1. The lowest BCUT2D eigenvalue weighted by molar-refractivity contribution is 0.111. The zero-order valence-corrected chi connectivity index (χ0v) is 11.9. The van der Waals surface area contributed by atoms with Gasteiger partial charge in [0.2, 0.25) is 0 Å². The first kappa shape index (κ1) is 14.1. The normalized spacial score (nSPS) is 18.7. The highest BCUT2D eigenvalue weighted by Gasteiger charge is 2.25. The van der Waals surface area contributed by atoms with Crippen LogP contribution in [-0.2, 0) is 6.54 Å². The lowest BCUT2D eigenvalue weighted by Crippen LogP contribution is -2.39. The molecule has 1 aliphatic heterocycles. The number of hydrogen-bond acceptors (Lipinski definition) is 2. The Bertz CT molecular complexity index is 482. The number of benzene rings is 1. The van der Waals surface area contributed by atoms with E-state index < -0.39 is 0 Å². The van der Waals surface area contributed by atoms with Gasteiger partial charge in [0.05, 0.1) is 0 Å². The van der Waals surface area contributed by atoms with Gasteiger partial charge in [0.15, 0.2) is 0 Å². The van der Waals surface area contributed by atoms with Crippen molar-refractivity contribution in [3.63, 3.8) is 0 Å². The Balaban J connectivity index is 2.02. The third-order valence-corrected chi connectivity index (χ3v) is 3.62. The molecule has 1 N–H and O–H groups in total. The monoisotopic (exact) mass is 257 g/mol. The Labute approximate surface area is 116 Å². The third kappa shape index (κ3) is 4.38. The highest BCUT2D eigenvalue weighted by molar-refractivity contribution is 5.37. The van der Waals surface area contributed by atoms with Crippen LogP contribution in [0.4, 0.5) is 0 Å². The summed E-state index contributed by atoms with van der Waals surface area (Å²) in [7, 11) is 0. The van der Waals surface area contributed by atoms with Crippen LogP contribution in [0, 0.1) is 17.3 Å². The molecule has 1 aliphatic rings. The molecule has 102 valence electrons. The topological polar surface area (TPSA) is 23.5 Å². The minimum absolute atomic E-state index is 0.0788. The summed E-state index contributed by atoms with van der Waals surface area (Å²) in [5.74, 6) is 5.67. The summed E-state index contributed by atoms with van der Waals surface area (Å²) in [5.41, 5.74) is 2.73. The van der Waals surface area contributed by atoms with Crippen molar-refractivity contribution in [1.29, 1.82) is 0 Å². The van der Waals surface area contributed by atoms with Crippen LogP contribution in [0.1, 0.15) is 37.8 Å². The molecule has 0 atom stereocenters. The molecule has 2 nitrogen and oxygen atoms in total. The number of rotatable bonds is 2. The van der Waals surface area contributed by atoms with Crippen molar-refractivity contribution in [2.75, 3.05) is 19.7 Å². The van der Waals surface area contributed by atoms with Gasteiger partial charge in [-0.3, -0.25) is 4.90 Å². The molecule has 0 spiro atoms. The van der Waals surface area contributed by atoms with E-state index in [-0.39, 0.29) is 6.61 Å². The first-order valence-corrected chi connectivity index (χ1v) is 7.00. The van der Waals surface area contributed by atoms with E-state index >= 15 is 0 Å². The Morgan fingerprint density at radius 1 is 1.37 bits per heavy atom. The van der Waals surface area contributed by atoms with Gasteiger partial charge in [0, 0.05) is 18.7 Å². The van der Waals surface area contributed by atoms with Crippen LogP contribution in [-0.4, -0.2) is 29.7 Å². The van der Waals surface area contributed by atoms with E-state index in [2.05, 4.69) is 42.7 Å². The second kappa shape index (κ2) is 6.23. The fourth-order valence-electron chi connectivity index (χ4n) is 2.83. The SMILES string of the molecule is CC1(C)CCCN(Cc2cccc(C#CCO)c2)C1. The maximum atomic E-state index is 8.73. The van der Waals surface area contributed by atoms with E-state index in [1.54, 1.807) is 0 Å². The summed E-state index contributed by atoms with van der Waals surface area (Å²) in [6, 6.07) is 8.33. The van der Waals surface area contributed by atoms with Gasteiger partial charge in [-0.25, -0.2) is 0 Å². The summed E-state index contributed by atoms with van der Waals surface area (Å²) in [6.45, 7) is 7.97. The Morgan fingerprint density at radius 2 is 2.21 bits per heavy atom. The molecule has 0 unspecified atom stereocenters. The van der Waals surface area contributed by atoms with Crippen LogP contribution in [0.25, 0.3) is 0 Å². The van der Waals surface area contributed by atoms with Crippen molar-refractivity contribution in [3.8, 4) is 11.8 Å². The Hall–Kier alpha value is -1.30. The summed E-state index contributed by atoms with van der Waals surface area (Å²) in [5, 5.41) is 8.73. The van der Waals surface area contributed by atoms with E-state index in [0.29, 0.717) is 5.41 Å². The van der Waals surface area contributed by atoms with Gasteiger partial charge in [0.25, 0.3) is 0 Å². The number of nitrogens with zero attached hydrogens (tertiary/aromatic N) is 1. The second-order valence-electron chi connectivity index (χ2n) is 6.14. The highest BCUT2D eigenvalue weighted by atomic mass is 16.2. The molecule has 0 aromatic heterocycles. The quantitative estimate of drug-likeness (QED) is 0.823. The first-order valence-electron chi connectivity index (χ1n) is 7.00.